The van der Waals surface area contributed by atoms with Crippen molar-refractivity contribution in [3.8, 4) is 0 Å². The number of benzene rings is 1. The van der Waals surface area contributed by atoms with Crippen molar-refractivity contribution in [2.75, 3.05) is 6.61 Å². The van der Waals surface area contributed by atoms with Crippen LogP contribution in [0, 0.1) is 0 Å². The molecule has 1 atom stereocenters. The second kappa shape index (κ2) is 6.89. The van der Waals surface area contributed by atoms with Crippen molar-refractivity contribution < 1.29 is 18.7 Å². The molecule has 2 aromatic rings. The van der Waals surface area contributed by atoms with Crippen LogP contribution in [0.2, 0.25) is 0 Å². The van der Waals surface area contributed by atoms with Crippen molar-refractivity contribution in [3.63, 3.8) is 0 Å². The number of fused-ring (bicyclic) bond motifs is 1. The molecule has 1 amide bonds. The summed E-state index contributed by atoms with van der Waals surface area (Å²) in [6.45, 7) is 3.36. The average molecular weight is 303 g/mol. The fourth-order valence-electron chi connectivity index (χ4n) is 1.83. The first-order chi connectivity index (χ1) is 10.5. The van der Waals surface area contributed by atoms with Gasteiger partial charge in [-0.05, 0) is 25.5 Å². The number of esters is 1. The summed E-state index contributed by atoms with van der Waals surface area (Å²) in [6, 6.07) is 7.66. The van der Waals surface area contributed by atoms with E-state index in [0.717, 1.165) is 12.5 Å². The second-order valence-corrected chi connectivity index (χ2v) is 4.92. The zero-order valence-corrected chi connectivity index (χ0v) is 12.4. The van der Waals surface area contributed by atoms with E-state index in [1.807, 2.05) is 13.8 Å². The summed E-state index contributed by atoms with van der Waals surface area (Å²) in [5.74, 6) is -1.46. The summed E-state index contributed by atoms with van der Waals surface area (Å²) in [7, 11) is 0. The van der Waals surface area contributed by atoms with Crippen LogP contribution in [0.15, 0.2) is 39.5 Å². The Balaban J connectivity index is 2.07. The Labute approximate surface area is 127 Å². The average Bonchev–Trinajstić information content (AvgIpc) is 2.52. The molecule has 0 aliphatic rings. The highest BCUT2D eigenvalue weighted by Gasteiger charge is 2.15. The number of hydrogen-bond donors (Lipinski definition) is 1. The zero-order chi connectivity index (χ0) is 16.1. The van der Waals surface area contributed by atoms with Crippen molar-refractivity contribution in [1.82, 2.24) is 5.32 Å². The molecule has 0 radical (unpaired) electrons. The Kier molecular flexibility index (Phi) is 4.93. The third-order valence-corrected chi connectivity index (χ3v) is 3.19. The fourth-order valence-corrected chi connectivity index (χ4v) is 1.83. The van der Waals surface area contributed by atoms with Gasteiger partial charge < -0.3 is 14.5 Å². The van der Waals surface area contributed by atoms with Crippen LogP contribution in [-0.2, 0) is 9.53 Å². The van der Waals surface area contributed by atoms with E-state index in [1.54, 1.807) is 24.3 Å². The molecule has 116 valence electrons. The molecular formula is C16H17NO5. The number of nitrogens with one attached hydrogen (secondary N) is 1. The van der Waals surface area contributed by atoms with Crippen molar-refractivity contribution in [2.24, 2.45) is 0 Å². The number of para-hydroxylation sites is 1. The normalized spacial score (nSPS) is 11.9. The maximum atomic E-state index is 11.9. The Morgan fingerprint density at radius 1 is 1.32 bits per heavy atom. The molecule has 0 bridgehead atoms. The highest BCUT2D eigenvalue weighted by atomic mass is 16.5. The minimum atomic E-state index is -0.845. The lowest BCUT2D eigenvalue weighted by Gasteiger charge is -2.11. The van der Waals surface area contributed by atoms with Crippen LogP contribution in [0.25, 0.3) is 11.0 Å². The molecule has 6 heteroatoms. The first kappa shape index (κ1) is 15.8. The van der Waals surface area contributed by atoms with E-state index in [2.05, 4.69) is 5.32 Å². The van der Waals surface area contributed by atoms with Gasteiger partial charge in [0.25, 0.3) is 5.91 Å². The summed E-state index contributed by atoms with van der Waals surface area (Å²) in [5.41, 5.74) is -0.0381. The van der Waals surface area contributed by atoms with Gasteiger partial charge in [0.15, 0.2) is 12.0 Å². The monoisotopic (exact) mass is 303 g/mol. The van der Waals surface area contributed by atoms with Gasteiger partial charge in [-0.15, -0.1) is 0 Å². The molecule has 0 spiro atoms. The predicted molar refractivity (Wildman–Crippen MR) is 80.7 cm³/mol. The van der Waals surface area contributed by atoms with E-state index < -0.39 is 18.5 Å². The second-order valence-electron chi connectivity index (χ2n) is 4.92. The Morgan fingerprint density at radius 2 is 2.05 bits per heavy atom. The number of rotatable bonds is 5. The molecule has 1 aromatic heterocycles. The summed E-state index contributed by atoms with van der Waals surface area (Å²) in [5, 5.41) is 3.05. The van der Waals surface area contributed by atoms with E-state index in [0.29, 0.717) is 11.0 Å². The first-order valence-corrected chi connectivity index (χ1v) is 7.00. The van der Waals surface area contributed by atoms with Crippen molar-refractivity contribution >= 4 is 22.8 Å². The van der Waals surface area contributed by atoms with Crippen LogP contribution < -0.4 is 10.7 Å². The SMILES string of the molecule is CC[C@@H](C)NC(=O)COC(=O)c1cc(=O)c2ccccc2o1. The van der Waals surface area contributed by atoms with Gasteiger partial charge in [-0.3, -0.25) is 9.59 Å². The van der Waals surface area contributed by atoms with Gasteiger partial charge in [0.2, 0.25) is 5.76 Å². The van der Waals surface area contributed by atoms with Gasteiger partial charge >= 0.3 is 5.97 Å². The summed E-state index contributed by atoms with van der Waals surface area (Å²) in [6.07, 6.45) is 0.777. The summed E-state index contributed by atoms with van der Waals surface area (Å²) in [4.78, 5) is 35.3. The molecule has 0 saturated carbocycles. The molecule has 0 saturated heterocycles. The standard InChI is InChI=1S/C16H17NO5/c1-3-10(2)17-15(19)9-21-16(20)14-8-12(18)11-6-4-5-7-13(11)22-14/h4-8,10H,3,9H2,1-2H3,(H,17,19)/t10-/m1/s1. The van der Waals surface area contributed by atoms with E-state index >= 15 is 0 Å². The van der Waals surface area contributed by atoms with Crippen LogP contribution in [-0.4, -0.2) is 24.5 Å². The predicted octanol–water partition coefficient (Wildman–Crippen LogP) is 1.86. The van der Waals surface area contributed by atoms with Gasteiger partial charge in [0.05, 0.1) is 5.39 Å². The molecule has 0 aliphatic carbocycles. The smallest absolute Gasteiger partial charge is 0.374 e. The van der Waals surface area contributed by atoms with Gasteiger partial charge in [-0.25, -0.2) is 4.79 Å². The molecule has 6 nitrogen and oxygen atoms in total. The molecule has 22 heavy (non-hydrogen) atoms. The highest BCUT2D eigenvalue weighted by molar-refractivity contribution is 5.90. The van der Waals surface area contributed by atoms with Crippen LogP contribution in [0.5, 0.6) is 0 Å². The molecule has 0 unspecified atom stereocenters. The largest absolute Gasteiger partial charge is 0.450 e. The zero-order valence-electron chi connectivity index (χ0n) is 12.4. The Hall–Kier alpha value is -2.63. The molecule has 1 N–H and O–H groups in total. The van der Waals surface area contributed by atoms with Crippen LogP contribution in [0.4, 0.5) is 0 Å². The third-order valence-electron chi connectivity index (χ3n) is 3.19. The van der Waals surface area contributed by atoms with Crippen molar-refractivity contribution in [3.05, 3.63) is 46.3 Å². The Bertz CT molecular complexity index is 750. The maximum Gasteiger partial charge on any atom is 0.374 e. The lowest BCUT2D eigenvalue weighted by molar-refractivity contribution is -0.124. The first-order valence-electron chi connectivity index (χ1n) is 7.00. The third kappa shape index (κ3) is 3.72. The number of ether oxygens (including phenoxy) is 1. The van der Waals surface area contributed by atoms with E-state index in [1.165, 1.54) is 0 Å². The minimum Gasteiger partial charge on any atom is -0.450 e. The van der Waals surface area contributed by atoms with Crippen molar-refractivity contribution in [1.29, 1.82) is 0 Å². The van der Waals surface area contributed by atoms with Crippen LogP contribution in [0.3, 0.4) is 0 Å². The van der Waals surface area contributed by atoms with E-state index in [-0.39, 0.29) is 17.2 Å². The highest BCUT2D eigenvalue weighted by Crippen LogP contribution is 2.12. The van der Waals surface area contributed by atoms with Gasteiger partial charge in [-0.1, -0.05) is 19.1 Å². The molecule has 1 aromatic carbocycles. The summed E-state index contributed by atoms with van der Waals surface area (Å²) >= 11 is 0. The van der Waals surface area contributed by atoms with Gasteiger partial charge in [-0.2, -0.15) is 0 Å². The topological polar surface area (TPSA) is 85.6 Å². The lowest BCUT2D eigenvalue weighted by atomic mass is 10.2. The van der Waals surface area contributed by atoms with Crippen molar-refractivity contribution in [2.45, 2.75) is 26.3 Å². The van der Waals surface area contributed by atoms with Gasteiger partial charge in [0.1, 0.15) is 5.58 Å². The van der Waals surface area contributed by atoms with Gasteiger partial charge in [0, 0.05) is 12.1 Å². The Morgan fingerprint density at radius 3 is 2.77 bits per heavy atom. The minimum absolute atomic E-state index is 0.00445. The number of hydrogen-bond acceptors (Lipinski definition) is 5. The maximum absolute atomic E-state index is 11.9. The lowest BCUT2D eigenvalue weighted by Crippen LogP contribution is -2.35. The fraction of sp³-hybridized carbons (Fsp3) is 0.312. The van der Waals surface area contributed by atoms with Crippen LogP contribution >= 0.6 is 0 Å². The van der Waals surface area contributed by atoms with E-state index in [9.17, 15) is 14.4 Å². The molecular weight excluding hydrogens is 286 g/mol. The number of carbonyl (C=O) groups excluding carboxylic acids is 2. The molecule has 0 aliphatic heterocycles. The molecule has 1 heterocycles. The van der Waals surface area contributed by atoms with E-state index in [4.69, 9.17) is 9.15 Å². The molecule has 0 fully saturated rings. The quantitative estimate of drug-likeness (QED) is 0.852. The number of carbonyl (C=O) groups is 2. The molecule has 2 rings (SSSR count). The van der Waals surface area contributed by atoms with Crippen LogP contribution in [0.1, 0.15) is 30.8 Å². The number of amides is 1. The summed E-state index contributed by atoms with van der Waals surface area (Å²) < 4.78 is 10.2.